The predicted octanol–water partition coefficient (Wildman–Crippen LogP) is 1.24. The van der Waals surface area contributed by atoms with Crippen LogP contribution in [-0.4, -0.2) is 28.3 Å². The maximum absolute atomic E-state index is 12.4. The van der Waals surface area contributed by atoms with E-state index in [9.17, 15) is 4.79 Å². The first kappa shape index (κ1) is 12.7. The summed E-state index contributed by atoms with van der Waals surface area (Å²) in [5.74, 6) is 1.21. The number of fused-ring (bicyclic) bond motifs is 1. The maximum atomic E-state index is 12.4. The zero-order valence-electron chi connectivity index (χ0n) is 11.7. The lowest BCUT2D eigenvalue weighted by Gasteiger charge is -2.27. The van der Waals surface area contributed by atoms with Gasteiger partial charge < -0.3 is 10.6 Å². The summed E-state index contributed by atoms with van der Waals surface area (Å²) in [6, 6.07) is 0.432. The monoisotopic (exact) mass is 262 g/mol. The number of amides is 1. The van der Waals surface area contributed by atoms with Crippen LogP contribution in [0.2, 0.25) is 0 Å². The molecule has 19 heavy (non-hydrogen) atoms. The molecule has 0 saturated carbocycles. The molecule has 1 aromatic rings. The first-order valence-corrected chi connectivity index (χ1v) is 7.24. The fourth-order valence-electron chi connectivity index (χ4n) is 3.26. The van der Waals surface area contributed by atoms with E-state index in [2.05, 4.69) is 22.7 Å². The molecule has 5 heteroatoms. The molecule has 1 aliphatic heterocycles. The first-order chi connectivity index (χ1) is 9.15. The fourth-order valence-corrected chi connectivity index (χ4v) is 3.26. The Morgan fingerprint density at radius 1 is 1.47 bits per heavy atom. The van der Waals surface area contributed by atoms with E-state index in [0.29, 0.717) is 6.04 Å². The van der Waals surface area contributed by atoms with E-state index in [1.807, 2.05) is 11.7 Å². The van der Waals surface area contributed by atoms with Crippen molar-refractivity contribution in [2.75, 3.05) is 11.9 Å². The number of nitrogens with one attached hydrogen (secondary N) is 2. The molecular weight excluding hydrogens is 240 g/mol. The van der Waals surface area contributed by atoms with E-state index in [1.165, 1.54) is 5.56 Å². The fraction of sp³-hybridized carbons (Fsp3) is 0.714. The van der Waals surface area contributed by atoms with Crippen LogP contribution >= 0.6 is 0 Å². The van der Waals surface area contributed by atoms with Crippen LogP contribution in [-0.2, 0) is 24.7 Å². The van der Waals surface area contributed by atoms with Crippen LogP contribution in [0, 0.1) is 5.92 Å². The average Bonchev–Trinajstić information content (AvgIpc) is 2.93. The minimum Gasteiger partial charge on any atom is -0.314 e. The van der Waals surface area contributed by atoms with Gasteiger partial charge in [0.25, 0.3) is 0 Å². The van der Waals surface area contributed by atoms with Crippen molar-refractivity contribution in [2.45, 2.75) is 45.1 Å². The Hall–Kier alpha value is -1.36. The summed E-state index contributed by atoms with van der Waals surface area (Å²) in [7, 11) is 1.92. The molecule has 1 saturated heterocycles. The number of carbonyl (C=O) groups is 1. The summed E-state index contributed by atoms with van der Waals surface area (Å²) >= 11 is 0. The summed E-state index contributed by atoms with van der Waals surface area (Å²) < 4.78 is 1.83. The van der Waals surface area contributed by atoms with Gasteiger partial charge in [0.1, 0.15) is 5.82 Å². The van der Waals surface area contributed by atoms with Crippen LogP contribution in [0.5, 0.6) is 0 Å². The summed E-state index contributed by atoms with van der Waals surface area (Å²) in [5, 5.41) is 11.0. The Morgan fingerprint density at radius 3 is 3.11 bits per heavy atom. The van der Waals surface area contributed by atoms with Gasteiger partial charge in [-0.1, -0.05) is 0 Å². The molecule has 0 spiro atoms. The molecule has 0 unspecified atom stereocenters. The second kappa shape index (κ2) is 4.96. The number of aromatic nitrogens is 2. The molecule has 0 aromatic carbocycles. The van der Waals surface area contributed by atoms with Gasteiger partial charge in [0.05, 0.1) is 5.69 Å². The number of piperidine rings is 1. The van der Waals surface area contributed by atoms with Gasteiger partial charge >= 0.3 is 0 Å². The van der Waals surface area contributed by atoms with Crippen LogP contribution < -0.4 is 10.6 Å². The van der Waals surface area contributed by atoms with Gasteiger partial charge in [0.2, 0.25) is 5.91 Å². The normalized spacial score (nSPS) is 26.2. The van der Waals surface area contributed by atoms with Crippen LogP contribution in [0.4, 0.5) is 5.82 Å². The molecular formula is C14H22N4O. The van der Waals surface area contributed by atoms with Gasteiger partial charge in [-0.25, -0.2) is 0 Å². The van der Waals surface area contributed by atoms with Crippen molar-refractivity contribution >= 4 is 11.7 Å². The molecule has 1 fully saturated rings. The van der Waals surface area contributed by atoms with Gasteiger partial charge in [-0.2, -0.15) is 5.10 Å². The summed E-state index contributed by atoms with van der Waals surface area (Å²) in [6.07, 6.45) is 5.10. The summed E-state index contributed by atoms with van der Waals surface area (Å²) in [5.41, 5.74) is 2.41. The smallest absolute Gasteiger partial charge is 0.228 e. The van der Waals surface area contributed by atoms with Gasteiger partial charge in [-0.3, -0.25) is 9.48 Å². The van der Waals surface area contributed by atoms with E-state index in [-0.39, 0.29) is 11.8 Å². The molecule has 5 nitrogen and oxygen atoms in total. The van der Waals surface area contributed by atoms with Gasteiger partial charge in [-0.15, -0.1) is 0 Å². The molecule has 3 rings (SSSR count). The van der Waals surface area contributed by atoms with Crippen LogP contribution in [0.1, 0.15) is 37.4 Å². The number of hydrogen-bond donors (Lipinski definition) is 2. The van der Waals surface area contributed by atoms with Crippen LogP contribution in [0.15, 0.2) is 0 Å². The molecule has 2 heterocycles. The average molecular weight is 262 g/mol. The third-order valence-electron chi connectivity index (χ3n) is 4.30. The topological polar surface area (TPSA) is 59.0 Å². The lowest BCUT2D eigenvalue weighted by Crippen LogP contribution is -2.40. The van der Waals surface area contributed by atoms with E-state index < -0.39 is 0 Å². The Labute approximate surface area is 113 Å². The van der Waals surface area contributed by atoms with Crippen molar-refractivity contribution in [3.63, 3.8) is 0 Å². The highest BCUT2D eigenvalue weighted by Crippen LogP contribution is 2.29. The predicted molar refractivity (Wildman–Crippen MR) is 74.1 cm³/mol. The minimum absolute atomic E-state index is 0.128. The number of anilines is 1. The molecule has 2 N–H and O–H groups in total. The lowest BCUT2D eigenvalue weighted by molar-refractivity contribution is -0.120. The third-order valence-corrected chi connectivity index (χ3v) is 4.30. The van der Waals surface area contributed by atoms with Crippen molar-refractivity contribution in [1.29, 1.82) is 0 Å². The Kier molecular flexibility index (Phi) is 3.31. The van der Waals surface area contributed by atoms with Gasteiger partial charge in [-0.05, 0) is 45.6 Å². The number of carbonyl (C=O) groups excluding carboxylic acids is 1. The van der Waals surface area contributed by atoms with E-state index in [0.717, 1.165) is 50.2 Å². The molecule has 1 aromatic heterocycles. The number of rotatable bonds is 2. The highest BCUT2D eigenvalue weighted by molar-refractivity contribution is 5.92. The minimum atomic E-state index is 0.128. The van der Waals surface area contributed by atoms with E-state index in [1.54, 1.807) is 0 Å². The first-order valence-electron chi connectivity index (χ1n) is 7.24. The van der Waals surface area contributed by atoms with E-state index in [4.69, 9.17) is 0 Å². The van der Waals surface area contributed by atoms with Crippen LogP contribution in [0.3, 0.4) is 0 Å². The largest absolute Gasteiger partial charge is 0.314 e. The quantitative estimate of drug-likeness (QED) is 0.843. The maximum Gasteiger partial charge on any atom is 0.228 e. The molecule has 2 aliphatic rings. The van der Waals surface area contributed by atoms with Crippen LogP contribution in [0.25, 0.3) is 0 Å². The molecule has 0 bridgehead atoms. The molecule has 104 valence electrons. The Morgan fingerprint density at radius 2 is 2.32 bits per heavy atom. The zero-order chi connectivity index (χ0) is 13.4. The lowest BCUT2D eigenvalue weighted by atomic mass is 9.92. The standard InChI is InChI=1S/C14H22N4O/c1-9-8-10(6-7-15-9)14(19)16-13-11-4-3-5-12(11)17-18(13)2/h9-10,15H,3-8H2,1-2H3,(H,16,19)/t9-,10-/m0/s1. The zero-order valence-corrected chi connectivity index (χ0v) is 11.7. The van der Waals surface area contributed by atoms with Crippen molar-refractivity contribution in [1.82, 2.24) is 15.1 Å². The summed E-state index contributed by atoms with van der Waals surface area (Å²) in [4.78, 5) is 12.4. The highest BCUT2D eigenvalue weighted by Gasteiger charge is 2.27. The number of nitrogens with zero attached hydrogens (tertiary/aromatic N) is 2. The SMILES string of the molecule is C[C@H]1C[C@@H](C(=O)Nc2c3c(nn2C)CCC3)CCN1. The Balaban J connectivity index is 1.73. The molecule has 1 amide bonds. The van der Waals surface area contributed by atoms with Crippen molar-refractivity contribution in [3.8, 4) is 0 Å². The molecule has 1 aliphatic carbocycles. The van der Waals surface area contributed by atoms with Crippen molar-refractivity contribution in [3.05, 3.63) is 11.3 Å². The number of hydrogen-bond acceptors (Lipinski definition) is 3. The second-order valence-electron chi connectivity index (χ2n) is 5.82. The molecule has 0 radical (unpaired) electrons. The summed E-state index contributed by atoms with van der Waals surface area (Å²) in [6.45, 7) is 3.07. The Bertz CT molecular complexity index is 494. The number of aryl methyl sites for hydroxylation is 2. The molecule has 2 atom stereocenters. The third kappa shape index (κ3) is 2.39. The second-order valence-corrected chi connectivity index (χ2v) is 5.82. The van der Waals surface area contributed by atoms with Gasteiger partial charge in [0.15, 0.2) is 0 Å². The highest BCUT2D eigenvalue weighted by atomic mass is 16.2. The van der Waals surface area contributed by atoms with Gasteiger partial charge in [0, 0.05) is 24.6 Å². The van der Waals surface area contributed by atoms with Crippen molar-refractivity contribution in [2.24, 2.45) is 13.0 Å². The van der Waals surface area contributed by atoms with Crippen molar-refractivity contribution < 1.29 is 4.79 Å². The van der Waals surface area contributed by atoms with E-state index >= 15 is 0 Å².